The average Bonchev–Trinajstić information content (AvgIpc) is 2.61. The maximum Gasteiger partial charge on any atom is 0.263 e. The molecule has 1 heterocycles. The van der Waals surface area contributed by atoms with Gasteiger partial charge in [0.25, 0.3) is 5.91 Å². The van der Waals surface area contributed by atoms with Crippen LogP contribution in [0, 0.1) is 0 Å². The summed E-state index contributed by atoms with van der Waals surface area (Å²) in [4.78, 5) is 12.0. The normalized spacial score (nSPS) is 17.1. The Kier molecular flexibility index (Phi) is 3.79. The number of carbonyl (C=O) groups is 1. The molecule has 2 rings (SSSR count). The number of hydrogen-bond acceptors (Lipinski definition) is 5. The zero-order valence-electron chi connectivity index (χ0n) is 9.19. The van der Waals surface area contributed by atoms with Crippen LogP contribution in [-0.2, 0) is 4.79 Å². The molecule has 0 radical (unpaired) electrons. The molecule has 0 atom stereocenters. The van der Waals surface area contributed by atoms with E-state index in [9.17, 15) is 9.90 Å². The van der Waals surface area contributed by atoms with Crippen molar-refractivity contribution in [3.8, 4) is 11.5 Å². The molecule has 18 heavy (non-hydrogen) atoms. The molecule has 0 spiro atoms. The number of nitrogens with one attached hydrogen (secondary N) is 1. The SMILES string of the molecule is COc1cc(/C=C2/SC(=S)NC2=O)c(Cl)cc1O. The molecule has 1 fully saturated rings. The lowest BCUT2D eigenvalue weighted by Gasteiger charge is -2.06. The van der Waals surface area contributed by atoms with Gasteiger partial charge in [-0.25, -0.2) is 0 Å². The van der Waals surface area contributed by atoms with Crippen molar-refractivity contribution in [1.82, 2.24) is 5.32 Å². The van der Waals surface area contributed by atoms with Gasteiger partial charge < -0.3 is 15.2 Å². The summed E-state index contributed by atoms with van der Waals surface area (Å²) in [5.74, 6) is -0.0194. The number of phenols is 1. The first-order valence-corrected chi connectivity index (χ1v) is 6.43. The molecule has 4 nitrogen and oxygen atoms in total. The third-order valence-electron chi connectivity index (χ3n) is 2.23. The van der Waals surface area contributed by atoms with Gasteiger partial charge in [-0.1, -0.05) is 35.6 Å². The van der Waals surface area contributed by atoms with Gasteiger partial charge in [0, 0.05) is 6.07 Å². The number of phenolic OH excluding ortho intramolecular Hbond substituents is 1. The van der Waals surface area contributed by atoms with Crippen LogP contribution in [0.25, 0.3) is 6.08 Å². The first-order valence-electron chi connectivity index (χ1n) is 4.82. The van der Waals surface area contributed by atoms with Crippen LogP contribution >= 0.6 is 35.6 Å². The predicted molar refractivity (Wildman–Crippen MR) is 76.0 cm³/mol. The number of thioether (sulfide) groups is 1. The molecular weight excluding hydrogens is 294 g/mol. The zero-order chi connectivity index (χ0) is 13.3. The van der Waals surface area contributed by atoms with Crippen LogP contribution in [0.5, 0.6) is 11.5 Å². The minimum Gasteiger partial charge on any atom is -0.504 e. The van der Waals surface area contributed by atoms with E-state index in [1.165, 1.54) is 13.2 Å². The van der Waals surface area contributed by atoms with Crippen LogP contribution in [0.15, 0.2) is 17.0 Å². The van der Waals surface area contributed by atoms with Crippen LogP contribution in [0.3, 0.4) is 0 Å². The molecule has 1 saturated heterocycles. The molecule has 1 amide bonds. The Balaban J connectivity index is 2.43. The number of thiocarbonyl (C=S) groups is 1. The monoisotopic (exact) mass is 301 g/mol. The fourth-order valence-electron chi connectivity index (χ4n) is 1.39. The first kappa shape index (κ1) is 13.2. The fourth-order valence-corrected chi connectivity index (χ4v) is 2.64. The molecule has 0 unspecified atom stereocenters. The summed E-state index contributed by atoms with van der Waals surface area (Å²) < 4.78 is 5.39. The molecule has 1 aliphatic rings. The Bertz CT molecular complexity index is 572. The number of amides is 1. The van der Waals surface area contributed by atoms with E-state index >= 15 is 0 Å². The van der Waals surface area contributed by atoms with Gasteiger partial charge in [0.1, 0.15) is 4.32 Å². The Morgan fingerprint density at radius 3 is 2.83 bits per heavy atom. The Labute approximate surface area is 118 Å². The summed E-state index contributed by atoms with van der Waals surface area (Å²) >= 11 is 12.0. The molecule has 0 saturated carbocycles. The van der Waals surface area contributed by atoms with Crippen LogP contribution < -0.4 is 10.1 Å². The molecule has 0 aromatic heterocycles. The van der Waals surface area contributed by atoms with Crippen molar-refractivity contribution in [3.63, 3.8) is 0 Å². The van der Waals surface area contributed by atoms with E-state index in [4.69, 9.17) is 28.6 Å². The van der Waals surface area contributed by atoms with E-state index in [-0.39, 0.29) is 17.4 Å². The number of ether oxygens (including phenoxy) is 1. The number of aromatic hydroxyl groups is 1. The molecular formula is C11H8ClNO3S2. The minimum atomic E-state index is -0.256. The number of benzene rings is 1. The topological polar surface area (TPSA) is 58.6 Å². The Morgan fingerprint density at radius 2 is 2.28 bits per heavy atom. The van der Waals surface area contributed by atoms with Gasteiger partial charge in [0.05, 0.1) is 17.0 Å². The van der Waals surface area contributed by atoms with Crippen molar-refractivity contribution < 1.29 is 14.6 Å². The van der Waals surface area contributed by atoms with Crippen molar-refractivity contribution in [2.45, 2.75) is 0 Å². The summed E-state index contributed by atoms with van der Waals surface area (Å²) in [7, 11) is 1.44. The summed E-state index contributed by atoms with van der Waals surface area (Å²) in [5.41, 5.74) is 0.577. The van der Waals surface area contributed by atoms with Gasteiger partial charge >= 0.3 is 0 Å². The third kappa shape index (κ3) is 2.60. The second kappa shape index (κ2) is 5.17. The maximum atomic E-state index is 11.5. The minimum absolute atomic E-state index is 0.0521. The smallest absolute Gasteiger partial charge is 0.263 e. The van der Waals surface area contributed by atoms with Gasteiger partial charge in [-0.2, -0.15) is 0 Å². The quantitative estimate of drug-likeness (QED) is 0.649. The van der Waals surface area contributed by atoms with Crippen LogP contribution in [0.4, 0.5) is 0 Å². The highest BCUT2D eigenvalue weighted by Gasteiger charge is 2.22. The van der Waals surface area contributed by atoms with Crippen molar-refractivity contribution in [3.05, 3.63) is 27.6 Å². The van der Waals surface area contributed by atoms with Crippen LogP contribution in [-0.4, -0.2) is 22.4 Å². The zero-order valence-corrected chi connectivity index (χ0v) is 11.6. The van der Waals surface area contributed by atoms with Gasteiger partial charge in [0.15, 0.2) is 11.5 Å². The predicted octanol–water partition coefficient (Wildman–Crippen LogP) is 2.54. The lowest BCUT2D eigenvalue weighted by molar-refractivity contribution is -0.115. The van der Waals surface area contributed by atoms with Gasteiger partial charge in [-0.05, 0) is 17.7 Å². The third-order valence-corrected chi connectivity index (χ3v) is 3.72. The Morgan fingerprint density at radius 1 is 1.56 bits per heavy atom. The molecule has 1 aliphatic heterocycles. The highest BCUT2D eigenvalue weighted by molar-refractivity contribution is 8.26. The molecule has 2 N–H and O–H groups in total. The number of hydrogen-bond donors (Lipinski definition) is 2. The fraction of sp³-hybridized carbons (Fsp3) is 0.0909. The average molecular weight is 302 g/mol. The van der Waals surface area contributed by atoms with Crippen molar-refractivity contribution in [1.29, 1.82) is 0 Å². The summed E-state index contributed by atoms with van der Waals surface area (Å²) in [6.45, 7) is 0. The summed E-state index contributed by atoms with van der Waals surface area (Å²) in [5, 5.41) is 12.4. The van der Waals surface area contributed by atoms with Crippen LogP contribution in [0.1, 0.15) is 5.56 Å². The van der Waals surface area contributed by atoms with E-state index < -0.39 is 0 Å². The van der Waals surface area contributed by atoms with E-state index in [2.05, 4.69) is 5.32 Å². The van der Waals surface area contributed by atoms with Crippen molar-refractivity contribution in [2.24, 2.45) is 0 Å². The van der Waals surface area contributed by atoms with Crippen molar-refractivity contribution >= 4 is 51.9 Å². The second-order valence-electron chi connectivity index (χ2n) is 3.40. The number of carbonyl (C=O) groups excluding carboxylic acids is 1. The highest BCUT2D eigenvalue weighted by Crippen LogP contribution is 2.35. The molecule has 0 bridgehead atoms. The second-order valence-corrected chi connectivity index (χ2v) is 5.52. The number of methoxy groups -OCH3 is 1. The largest absolute Gasteiger partial charge is 0.504 e. The van der Waals surface area contributed by atoms with E-state index in [0.29, 0.717) is 19.8 Å². The molecule has 94 valence electrons. The maximum absolute atomic E-state index is 11.5. The lowest BCUT2D eigenvalue weighted by atomic mass is 10.2. The molecule has 1 aromatic carbocycles. The highest BCUT2D eigenvalue weighted by atomic mass is 35.5. The molecule has 0 aliphatic carbocycles. The van der Waals surface area contributed by atoms with Crippen molar-refractivity contribution in [2.75, 3.05) is 7.11 Å². The van der Waals surface area contributed by atoms with E-state index in [0.717, 1.165) is 11.8 Å². The van der Waals surface area contributed by atoms with E-state index in [1.54, 1.807) is 12.1 Å². The Hall–Kier alpha value is -1.24. The summed E-state index contributed by atoms with van der Waals surface area (Å²) in [6.07, 6.45) is 1.60. The molecule has 7 heteroatoms. The van der Waals surface area contributed by atoms with Crippen LogP contribution in [0.2, 0.25) is 5.02 Å². The number of halogens is 1. The van der Waals surface area contributed by atoms with E-state index in [1.807, 2.05) is 0 Å². The first-order chi connectivity index (χ1) is 8.51. The van der Waals surface area contributed by atoms with Gasteiger partial charge in [-0.3, -0.25) is 4.79 Å². The lowest BCUT2D eigenvalue weighted by Crippen LogP contribution is -2.17. The van der Waals surface area contributed by atoms with Gasteiger partial charge in [-0.15, -0.1) is 0 Å². The number of rotatable bonds is 2. The standard InChI is InChI=1S/C11H8ClNO3S2/c1-16-8-2-5(6(12)4-7(8)14)3-9-10(15)13-11(17)18-9/h2-4,14H,1H3,(H,13,15,17)/b9-3+. The molecule has 1 aromatic rings. The van der Waals surface area contributed by atoms with Gasteiger partial charge in [0.2, 0.25) is 0 Å². The summed E-state index contributed by atoms with van der Waals surface area (Å²) in [6, 6.07) is 2.92.